The molecule has 0 aromatic carbocycles. The van der Waals surface area contributed by atoms with Crippen molar-refractivity contribution in [2.45, 2.75) is 25.3 Å². The Balaban J connectivity index is 1.81. The van der Waals surface area contributed by atoms with E-state index >= 15 is 0 Å². The molecule has 8 nitrogen and oxygen atoms in total. The fourth-order valence-electron chi connectivity index (χ4n) is 3.46. The van der Waals surface area contributed by atoms with Crippen molar-refractivity contribution in [3.8, 4) is 0 Å². The Bertz CT molecular complexity index is 757. The summed E-state index contributed by atoms with van der Waals surface area (Å²) in [6, 6.07) is 1.96. The Hall–Kier alpha value is -2.35. The average molecular weight is 317 g/mol. The van der Waals surface area contributed by atoms with Crippen LogP contribution in [0.5, 0.6) is 0 Å². The molecule has 4 rings (SSSR count). The summed E-state index contributed by atoms with van der Waals surface area (Å²) in [6.45, 7) is 1.91. The van der Waals surface area contributed by atoms with Crippen LogP contribution in [0.25, 0.3) is 5.65 Å². The van der Waals surface area contributed by atoms with Crippen molar-refractivity contribution in [2.75, 3.05) is 31.1 Å². The highest BCUT2D eigenvalue weighted by Crippen LogP contribution is 2.33. The number of nitrogens with zero attached hydrogens (tertiary/aromatic N) is 5. The van der Waals surface area contributed by atoms with Gasteiger partial charge in [-0.15, -0.1) is 0 Å². The summed E-state index contributed by atoms with van der Waals surface area (Å²) in [6.07, 6.45) is 3.02. The van der Waals surface area contributed by atoms with Crippen LogP contribution < -0.4 is 4.90 Å². The minimum atomic E-state index is -0.888. The van der Waals surface area contributed by atoms with E-state index in [-0.39, 0.29) is 12.6 Å². The number of carbonyl (C=O) groups is 1. The van der Waals surface area contributed by atoms with Crippen molar-refractivity contribution in [1.82, 2.24) is 19.5 Å². The van der Waals surface area contributed by atoms with Crippen molar-refractivity contribution in [1.29, 1.82) is 0 Å². The van der Waals surface area contributed by atoms with Gasteiger partial charge in [-0.2, -0.15) is 9.61 Å². The van der Waals surface area contributed by atoms with E-state index in [1.807, 2.05) is 10.6 Å². The molecule has 1 saturated heterocycles. The van der Waals surface area contributed by atoms with Gasteiger partial charge in [0.1, 0.15) is 5.82 Å². The van der Waals surface area contributed by atoms with E-state index in [1.54, 1.807) is 6.20 Å². The van der Waals surface area contributed by atoms with Crippen LogP contribution in [0.15, 0.2) is 12.3 Å². The molecule has 122 valence electrons. The van der Waals surface area contributed by atoms with E-state index in [0.717, 1.165) is 35.7 Å². The van der Waals surface area contributed by atoms with Crippen molar-refractivity contribution in [3.63, 3.8) is 0 Å². The standard InChI is InChI=1S/C15H19N5O3/c21-9-10-2-8-19(10)14-11-3-6-18(15(22)23)7-4-12(11)17-13-1-5-16-20(13)14/h1,5,10,21H,2-4,6-9H2,(H,22,23). The Morgan fingerprint density at radius 2 is 2.13 bits per heavy atom. The molecule has 2 N–H and O–H groups in total. The summed E-state index contributed by atoms with van der Waals surface area (Å²) >= 11 is 0. The number of aliphatic hydroxyl groups is 1. The lowest BCUT2D eigenvalue weighted by Crippen LogP contribution is -2.51. The van der Waals surface area contributed by atoms with E-state index in [0.29, 0.717) is 25.9 Å². The SMILES string of the molecule is O=C(O)N1CCc2nc3ccnn3c(N3CCC3CO)c2CC1. The number of rotatable bonds is 2. The molecule has 1 atom stereocenters. The van der Waals surface area contributed by atoms with Gasteiger partial charge in [0.15, 0.2) is 5.65 Å². The van der Waals surface area contributed by atoms with Crippen molar-refractivity contribution < 1.29 is 15.0 Å². The second kappa shape index (κ2) is 5.38. The minimum Gasteiger partial charge on any atom is -0.465 e. The van der Waals surface area contributed by atoms with Crippen LogP contribution in [0, 0.1) is 0 Å². The largest absolute Gasteiger partial charge is 0.465 e. The van der Waals surface area contributed by atoms with Gasteiger partial charge in [-0.1, -0.05) is 0 Å². The smallest absolute Gasteiger partial charge is 0.407 e. The summed E-state index contributed by atoms with van der Waals surface area (Å²) in [4.78, 5) is 19.5. The molecule has 1 fully saturated rings. The van der Waals surface area contributed by atoms with Gasteiger partial charge in [-0.05, 0) is 12.8 Å². The second-order valence-electron chi connectivity index (χ2n) is 6.05. The molecule has 2 aromatic rings. The summed E-state index contributed by atoms with van der Waals surface area (Å²) in [5, 5.41) is 23.2. The van der Waals surface area contributed by atoms with Crippen LogP contribution in [0.4, 0.5) is 10.6 Å². The third-order valence-corrected chi connectivity index (χ3v) is 4.84. The molecule has 8 heteroatoms. The van der Waals surface area contributed by atoms with Gasteiger partial charge in [0, 0.05) is 37.7 Å². The van der Waals surface area contributed by atoms with Gasteiger partial charge in [0.05, 0.1) is 24.5 Å². The minimum absolute atomic E-state index is 0.104. The molecule has 0 bridgehead atoms. The number of fused-ring (bicyclic) bond motifs is 2. The zero-order valence-electron chi connectivity index (χ0n) is 12.7. The van der Waals surface area contributed by atoms with Crippen molar-refractivity contribution >= 4 is 17.6 Å². The molecule has 23 heavy (non-hydrogen) atoms. The highest BCUT2D eigenvalue weighted by Gasteiger charge is 2.33. The first-order valence-corrected chi connectivity index (χ1v) is 7.90. The summed E-state index contributed by atoms with van der Waals surface area (Å²) < 4.78 is 1.82. The first-order chi connectivity index (χ1) is 11.2. The third-order valence-electron chi connectivity index (χ3n) is 4.84. The normalized spacial score (nSPS) is 21.0. The number of aromatic nitrogens is 3. The van der Waals surface area contributed by atoms with E-state index in [4.69, 9.17) is 0 Å². The lowest BCUT2D eigenvalue weighted by atomic mass is 10.0. The number of hydrogen-bond acceptors (Lipinski definition) is 5. The van der Waals surface area contributed by atoms with Gasteiger partial charge in [-0.3, -0.25) is 0 Å². The predicted molar refractivity (Wildman–Crippen MR) is 82.8 cm³/mol. The van der Waals surface area contributed by atoms with Crippen LogP contribution in [0.3, 0.4) is 0 Å². The maximum Gasteiger partial charge on any atom is 0.407 e. The molecule has 0 aliphatic carbocycles. The molecule has 1 amide bonds. The van der Waals surface area contributed by atoms with Gasteiger partial charge in [0.25, 0.3) is 0 Å². The summed E-state index contributed by atoms with van der Waals surface area (Å²) in [5.41, 5.74) is 2.77. The van der Waals surface area contributed by atoms with Gasteiger partial charge >= 0.3 is 6.09 Å². The van der Waals surface area contributed by atoms with Gasteiger partial charge in [0.2, 0.25) is 0 Å². The number of aliphatic hydroxyl groups excluding tert-OH is 1. The number of anilines is 1. The third kappa shape index (κ3) is 2.21. The van der Waals surface area contributed by atoms with Gasteiger partial charge in [-0.25, -0.2) is 9.78 Å². The molecule has 0 radical (unpaired) electrons. The molecular formula is C15H19N5O3. The topological polar surface area (TPSA) is 94.2 Å². The fraction of sp³-hybridized carbons (Fsp3) is 0.533. The van der Waals surface area contributed by atoms with E-state index in [1.165, 1.54) is 4.90 Å². The maximum atomic E-state index is 11.3. The molecule has 0 spiro atoms. The fourth-order valence-corrected chi connectivity index (χ4v) is 3.46. The number of hydrogen-bond donors (Lipinski definition) is 2. The molecule has 1 unspecified atom stereocenters. The monoisotopic (exact) mass is 317 g/mol. The molecule has 4 heterocycles. The van der Waals surface area contributed by atoms with E-state index < -0.39 is 6.09 Å². The molecular weight excluding hydrogens is 298 g/mol. The van der Waals surface area contributed by atoms with E-state index in [2.05, 4.69) is 15.0 Å². The Labute approximate surface area is 132 Å². The number of amides is 1. The highest BCUT2D eigenvalue weighted by molar-refractivity contribution is 5.66. The zero-order valence-corrected chi connectivity index (χ0v) is 12.7. The van der Waals surface area contributed by atoms with Gasteiger partial charge < -0.3 is 20.0 Å². The molecule has 2 aromatic heterocycles. The zero-order chi connectivity index (χ0) is 16.0. The quantitative estimate of drug-likeness (QED) is 0.831. The lowest BCUT2D eigenvalue weighted by Gasteiger charge is -2.42. The van der Waals surface area contributed by atoms with Crippen LogP contribution >= 0.6 is 0 Å². The van der Waals surface area contributed by atoms with E-state index in [9.17, 15) is 15.0 Å². The highest BCUT2D eigenvalue weighted by atomic mass is 16.4. The predicted octanol–water partition coefficient (Wildman–Crippen LogP) is 0.379. The Kier molecular flexibility index (Phi) is 3.33. The van der Waals surface area contributed by atoms with Crippen molar-refractivity contribution in [2.24, 2.45) is 0 Å². The maximum absolute atomic E-state index is 11.3. The summed E-state index contributed by atoms with van der Waals surface area (Å²) in [5.74, 6) is 0.965. The molecule has 2 aliphatic heterocycles. The van der Waals surface area contributed by atoms with Crippen LogP contribution in [-0.2, 0) is 12.8 Å². The molecule has 2 aliphatic rings. The first-order valence-electron chi connectivity index (χ1n) is 7.90. The van der Waals surface area contributed by atoms with Crippen molar-refractivity contribution in [3.05, 3.63) is 23.5 Å². The van der Waals surface area contributed by atoms with Crippen LogP contribution in [0.1, 0.15) is 17.7 Å². The number of carboxylic acid groups (broad SMARTS) is 1. The summed E-state index contributed by atoms with van der Waals surface area (Å²) in [7, 11) is 0. The van der Waals surface area contributed by atoms with Crippen LogP contribution in [-0.4, -0.2) is 68.1 Å². The Morgan fingerprint density at radius 1 is 1.30 bits per heavy atom. The average Bonchev–Trinajstić information content (AvgIpc) is 2.85. The Morgan fingerprint density at radius 3 is 2.83 bits per heavy atom. The molecule has 0 saturated carbocycles. The van der Waals surface area contributed by atoms with Crippen LogP contribution in [0.2, 0.25) is 0 Å². The first kappa shape index (κ1) is 14.3. The second-order valence-corrected chi connectivity index (χ2v) is 6.05. The lowest BCUT2D eigenvalue weighted by molar-refractivity contribution is 0.147.